The molecule has 1 fully saturated rings. The van der Waals surface area contributed by atoms with Crippen molar-refractivity contribution in [1.29, 1.82) is 0 Å². The van der Waals surface area contributed by atoms with Crippen molar-refractivity contribution in [2.75, 3.05) is 11.9 Å². The van der Waals surface area contributed by atoms with E-state index in [0.717, 1.165) is 26.9 Å². The van der Waals surface area contributed by atoms with Crippen LogP contribution < -0.4 is 4.90 Å². The van der Waals surface area contributed by atoms with E-state index >= 15 is 0 Å². The smallest absolute Gasteiger partial charge is 0.269 e. The van der Waals surface area contributed by atoms with Crippen molar-refractivity contribution in [3.63, 3.8) is 0 Å². The molecule has 3 aromatic carbocycles. The van der Waals surface area contributed by atoms with Crippen LogP contribution in [0.2, 0.25) is 0 Å². The number of thioether (sulfide) groups is 2. The van der Waals surface area contributed by atoms with E-state index < -0.39 is 0 Å². The Bertz CT molecular complexity index is 1200. The Labute approximate surface area is 190 Å². The molecule has 0 saturated carbocycles. The van der Waals surface area contributed by atoms with Crippen molar-refractivity contribution in [2.24, 2.45) is 4.99 Å². The molecule has 2 aliphatic rings. The van der Waals surface area contributed by atoms with Crippen molar-refractivity contribution in [2.45, 2.75) is 18.4 Å². The third kappa shape index (κ3) is 3.89. The van der Waals surface area contributed by atoms with Crippen molar-refractivity contribution >= 4 is 46.0 Å². The van der Waals surface area contributed by atoms with Crippen molar-refractivity contribution in [1.82, 2.24) is 4.90 Å². The Morgan fingerprint density at radius 2 is 1.58 bits per heavy atom. The van der Waals surface area contributed by atoms with Crippen LogP contribution in [-0.2, 0) is 11.3 Å². The lowest BCUT2D eigenvalue weighted by molar-refractivity contribution is -0.122. The number of carbonyl (C=O) groups is 1. The van der Waals surface area contributed by atoms with Gasteiger partial charge >= 0.3 is 0 Å². The number of carbonyl (C=O) groups excluding carboxylic acids is 1. The summed E-state index contributed by atoms with van der Waals surface area (Å²) in [4.78, 5) is 24.2. The lowest BCUT2D eigenvalue weighted by Crippen LogP contribution is -2.29. The Hall–Kier alpha value is -2.96. The summed E-state index contributed by atoms with van der Waals surface area (Å²) in [6.07, 6.45) is 0. The van der Waals surface area contributed by atoms with Crippen LogP contribution in [0.4, 0.5) is 11.4 Å². The number of amides is 1. The summed E-state index contributed by atoms with van der Waals surface area (Å²) in [6.45, 7) is 2.55. The van der Waals surface area contributed by atoms with Crippen molar-refractivity contribution in [3.05, 3.63) is 99.9 Å². The normalized spacial score (nSPS) is 19.4. The molecular weight excluding hydrogens is 422 g/mol. The summed E-state index contributed by atoms with van der Waals surface area (Å²) in [6, 6.07) is 26.4. The molecule has 31 heavy (non-hydrogen) atoms. The average molecular weight is 444 g/mol. The zero-order valence-corrected chi connectivity index (χ0v) is 18.9. The molecule has 0 atom stereocenters. The van der Waals surface area contributed by atoms with Crippen molar-refractivity contribution in [3.8, 4) is 0 Å². The van der Waals surface area contributed by atoms with E-state index in [4.69, 9.17) is 4.99 Å². The summed E-state index contributed by atoms with van der Waals surface area (Å²) >= 11 is 3.11. The first kappa shape index (κ1) is 20.0. The molecule has 2 heterocycles. The molecule has 0 aliphatic carbocycles. The van der Waals surface area contributed by atoms with E-state index in [-0.39, 0.29) is 5.91 Å². The lowest BCUT2D eigenvalue weighted by Gasteiger charge is -2.16. The highest BCUT2D eigenvalue weighted by molar-refractivity contribution is 8.19. The number of anilines is 1. The molecule has 154 valence electrons. The lowest BCUT2D eigenvalue weighted by atomic mass is 10.2. The molecule has 0 aromatic heterocycles. The quantitative estimate of drug-likeness (QED) is 0.454. The molecular formula is C25H21N3OS2. The highest BCUT2D eigenvalue weighted by atomic mass is 32.2. The van der Waals surface area contributed by atoms with Crippen LogP contribution >= 0.6 is 23.5 Å². The number of amidine groups is 1. The van der Waals surface area contributed by atoms with Gasteiger partial charge in [-0.2, -0.15) is 0 Å². The van der Waals surface area contributed by atoms with E-state index in [1.165, 1.54) is 22.2 Å². The molecule has 0 bridgehead atoms. The van der Waals surface area contributed by atoms with Gasteiger partial charge in [-0.1, -0.05) is 71.9 Å². The Morgan fingerprint density at radius 3 is 2.32 bits per heavy atom. The molecule has 0 N–H and O–H groups in total. The van der Waals surface area contributed by atoms with Gasteiger partial charge in [-0.15, -0.1) is 0 Å². The first-order valence-corrected chi connectivity index (χ1v) is 11.7. The summed E-state index contributed by atoms with van der Waals surface area (Å²) in [5.41, 5.74) is 4.24. The van der Waals surface area contributed by atoms with Crippen LogP contribution in [0.15, 0.2) is 98.7 Å². The summed E-state index contributed by atoms with van der Waals surface area (Å²) in [7, 11) is 2.02. The fraction of sp³-hybridized carbons (Fsp3) is 0.120. The highest BCUT2D eigenvalue weighted by Crippen LogP contribution is 2.50. The molecule has 3 aromatic rings. The predicted molar refractivity (Wildman–Crippen MR) is 131 cm³/mol. The Balaban J connectivity index is 1.55. The van der Waals surface area contributed by atoms with Gasteiger partial charge in [0.05, 0.1) is 22.9 Å². The van der Waals surface area contributed by atoms with Gasteiger partial charge in [0.1, 0.15) is 4.91 Å². The van der Waals surface area contributed by atoms with Gasteiger partial charge in [-0.25, -0.2) is 4.99 Å². The van der Waals surface area contributed by atoms with E-state index in [1.807, 2.05) is 73.8 Å². The number of aryl methyl sites for hydroxylation is 1. The first-order chi connectivity index (χ1) is 15.1. The minimum Gasteiger partial charge on any atom is -0.337 e. The minimum absolute atomic E-state index is 0.00173. The summed E-state index contributed by atoms with van der Waals surface area (Å²) in [5.74, 6) is 0.00173. The van der Waals surface area contributed by atoms with Gasteiger partial charge in [-0.3, -0.25) is 9.69 Å². The van der Waals surface area contributed by atoms with Crippen LogP contribution in [0.3, 0.4) is 0 Å². The van der Waals surface area contributed by atoms with Crippen LogP contribution in [0.5, 0.6) is 0 Å². The molecule has 1 amide bonds. The Kier molecular flexibility index (Phi) is 5.34. The monoisotopic (exact) mass is 443 g/mol. The molecule has 0 unspecified atom stereocenters. The maximum absolute atomic E-state index is 13.6. The molecule has 6 heteroatoms. The van der Waals surface area contributed by atoms with Gasteiger partial charge in [0.2, 0.25) is 0 Å². The van der Waals surface area contributed by atoms with E-state index in [1.54, 1.807) is 16.7 Å². The van der Waals surface area contributed by atoms with Gasteiger partial charge in [0.15, 0.2) is 5.17 Å². The molecule has 0 spiro atoms. The number of benzene rings is 3. The fourth-order valence-electron chi connectivity index (χ4n) is 3.55. The predicted octanol–water partition coefficient (Wildman–Crippen LogP) is 6.17. The van der Waals surface area contributed by atoms with Crippen LogP contribution in [-0.4, -0.2) is 23.0 Å². The highest BCUT2D eigenvalue weighted by Gasteiger charge is 2.39. The zero-order valence-electron chi connectivity index (χ0n) is 17.3. The fourth-order valence-corrected chi connectivity index (χ4v) is 5.90. The number of para-hydroxylation sites is 1. The summed E-state index contributed by atoms with van der Waals surface area (Å²) < 4.78 is 0. The van der Waals surface area contributed by atoms with E-state index in [9.17, 15) is 4.79 Å². The second-order valence-corrected chi connectivity index (χ2v) is 9.48. The molecule has 2 aliphatic heterocycles. The number of hydrogen-bond acceptors (Lipinski definition) is 5. The van der Waals surface area contributed by atoms with Gasteiger partial charge in [0.25, 0.3) is 5.91 Å². The van der Waals surface area contributed by atoms with Crippen LogP contribution in [0.25, 0.3) is 0 Å². The average Bonchev–Trinajstić information content (AvgIpc) is 3.28. The van der Waals surface area contributed by atoms with Gasteiger partial charge < -0.3 is 4.90 Å². The van der Waals surface area contributed by atoms with Gasteiger partial charge in [-0.05, 0) is 48.5 Å². The second kappa shape index (κ2) is 8.29. The maximum atomic E-state index is 13.6. The third-order valence-electron chi connectivity index (χ3n) is 5.24. The van der Waals surface area contributed by atoms with E-state index in [2.05, 4.69) is 24.0 Å². The number of aliphatic imine (C=N–C) groups is 1. The topological polar surface area (TPSA) is 35.9 Å². The standard InChI is InChI=1S/C25H21N3OS2/c1-17-12-14-19(15-13-17)26-25-28(16-18-8-4-3-5-9-18)23(29)22(31-25)24-27(2)20-10-6-7-11-21(20)30-24/h3-15H,16H2,1-2H3. The molecule has 5 rings (SSSR count). The Morgan fingerprint density at radius 1 is 0.871 bits per heavy atom. The van der Waals surface area contributed by atoms with Gasteiger partial charge in [0, 0.05) is 11.9 Å². The molecule has 4 nitrogen and oxygen atoms in total. The third-order valence-corrected chi connectivity index (χ3v) is 7.67. The first-order valence-electron chi connectivity index (χ1n) is 10.0. The largest absolute Gasteiger partial charge is 0.337 e. The number of hydrogen-bond donors (Lipinski definition) is 0. The minimum atomic E-state index is 0.00173. The number of fused-ring (bicyclic) bond motifs is 1. The molecule has 1 saturated heterocycles. The van der Waals surface area contributed by atoms with E-state index in [0.29, 0.717) is 11.7 Å². The summed E-state index contributed by atoms with van der Waals surface area (Å²) in [5, 5.41) is 1.67. The number of nitrogens with zero attached hydrogens (tertiary/aromatic N) is 3. The van der Waals surface area contributed by atoms with Crippen LogP contribution in [0, 0.1) is 6.92 Å². The van der Waals surface area contributed by atoms with Crippen LogP contribution in [0.1, 0.15) is 11.1 Å². The molecule has 0 radical (unpaired) electrons. The number of rotatable bonds is 3. The second-order valence-electron chi connectivity index (χ2n) is 7.47. The maximum Gasteiger partial charge on any atom is 0.269 e. The SMILES string of the molecule is Cc1ccc(N=C2SC(=C3Sc4ccccc4N3C)C(=O)N2Cc2ccccc2)cc1. The zero-order chi connectivity index (χ0) is 21.4. The van der Waals surface area contributed by atoms with Crippen molar-refractivity contribution < 1.29 is 4.79 Å².